The second kappa shape index (κ2) is 7.64. The van der Waals surface area contributed by atoms with Gasteiger partial charge in [-0.1, -0.05) is 38.3 Å². The van der Waals surface area contributed by atoms with Crippen LogP contribution in [0.25, 0.3) is 0 Å². The van der Waals surface area contributed by atoms with Crippen LogP contribution in [0.4, 0.5) is 0 Å². The van der Waals surface area contributed by atoms with Gasteiger partial charge in [-0.15, -0.1) is 11.3 Å². The smallest absolute Gasteiger partial charge is 0.0940 e. The lowest BCUT2D eigenvalue weighted by molar-refractivity contribution is 0.123. The number of halogens is 1. The zero-order valence-electron chi connectivity index (χ0n) is 10.4. The quantitative estimate of drug-likeness (QED) is 0.740. The third-order valence-corrected chi connectivity index (χ3v) is 5.17. The lowest BCUT2D eigenvalue weighted by atomic mass is 9.92. The number of aliphatic hydroxyl groups excluding tert-OH is 1. The third-order valence-electron chi connectivity index (χ3n) is 2.92. The van der Waals surface area contributed by atoms with Gasteiger partial charge < -0.3 is 5.11 Å². The molecule has 0 aliphatic rings. The lowest BCUT2D eigenvalue weighted by Crippen LogP contribution is -2.40. The van der Waals surface area contributed by atoms with Crippen LogP contribution in [0.15, 0.2) is 16.3 Å². The van der Waals surface area contributed by atoms with E-state index in [4.69, 9.17) is 11.6 Å². The Bertz CT molecular complexity index is 326. The van der Waals surface area contributed by atoms with Gasteiger partial charge in [0.2, 0.25) is 0 Å². The van der Waals surface area contributed by atoms with Crippen LogP contribution < -0.4 is 4.72 Å². The number of thiophene rings is 1. The van der Waals surface area contributed by atoms with Gasteiger partial charge in [-0.2, -0.15) is 0 Å². The number of nitrogens with one attached hydrogen (secondary N) is 1. The minimum Gasteiger partial charge on any atom is -0.392 e. The highest BCUT2D eigenvalue weighted by molar-refractivity contribution is 7.99. The molecule has 0 radical (unpaired) electrons. The average molecular weight is 294 g/mol. The van der Waals surface area contributed by atoms with E-state index < -0.39 is 0 Å². The molecule has 0 saturated heterocycles. The highest BCUT2D eigenvalue weighted by Crippen LogP contribution is 2.30. The number of aliphatic hydroxyl groups is 1. The monoisotopic (exact) mass is 293 g/mol. The lowest BCUT2D eigenvalue weighted by Gasteiger charge is -2.28. The van der Waals surface area contributed by atoms with Crippen molar-refractivity contribution >= 4 is 34.9 Å². The van der Waals surface area contributed by atoms with E-state index in [1.54, 1.807) is 23.3 Å². The molecule has 5 heteroatoms. The van der Waals surface area contributed by atoms with Crippen molar-refractivity contribution < 1.29 is 5.11 Å². The van der Waals surface area contributed by atoms with E-state index in [2.05, 4.69) is 18.6 Å². The van der Waals surface area contributed by atoms with Gasteiger partial charge in [0.05, 0.1) is 14.6 Å². The first-order chi connectivity index (χ1) is 8.08. The highest BCUT2D eigenvalue weighted by atomic mass is 35.5. The van der Waals surface area contributed by atoms with Gasteiger partial charge in [0.1, 0.15) is 0 Å². The molecule has 0 spiro atoms. The van der Waals surface area contributed by atoms with Gasteiger partial charge in [0.15, 0.2) is 0 Å². The molecule has 0 saturated carbocycles. The molecule has 0 bridgehead atoms. The number of hydrogen-bond donors (Lipinski definition) is 2. The summed E-state index contributed by atoms with van der Waals surface area (Å²) < 4.78 is 5.30. The van der Waals surface area contributed by atoms with Crippen LogP contribution in [0.1, 0.15) is 33.6 Å². The topological polar surface area (TPSA) is 32.3 Å². The molecule has 98 valence electrons. The summed E-state index contributed by atoms with van der Waals surface area (Å²) in [7, 11) is 0. The van der Waals surface area contributed by atoms with Crippen molar-refractivity contribution in [2.45, 2.75) is 50.0 Å². The average Bonchev–Trinajstić information content (AvgIpc) is 2.70. The summed E-state index contributed by atoms with van der Waals surface area (Å²) in [5.74, 6) is 0.498. The fraction of sp³-hybridized carbons (Fsp3) is 0.667. The first-order valence-corrected chi connectivity index (χ1v) is 7.95. The summed E-state index contributed by atoms with van der Waals surface area (Å²) in [6.45, 7) is 6.17. The second-order valence-electron chi connectivity index (χ2n) is 4.12. The Labute approximate surface area is 117 Å². The summed E-state index contributed by atoms with van der Waals surface area (Å²) in [6, 6.07) is 4.01. The molecule has 1 aromatic heterocycles. The summed E-state index contributed by atoms with van der Waals surface area (Å²) in [5, 5.41) is 9.83. The first kappa shape index (κ1) is 15.3. The summed E-state index contributed by atoms with van der Waals surface area (Å²) in [5.41, 5.74) is 0. The van der Waals surface area contributed by atoms with Crippen LogP contribution in [0.2, 0.25) is 4.34 Å². The van der Waals surface area contributed by atoms with Crippen LogP contribution in [0, 0.1) is 5.92 Å². The minimum absolute atomic E-state index is 0.121. The molecule has 1 aromatic rings. The van der Waals surface area contributed by atoms with E-state index >= 15 is 0 Å². The normalized spacial score (nSPS) is 15.2. The van der Waals surface area contributed by atoms with Gasteiger partial charge in [-0.25, -0.2) is 0 Å². The highest BCUT2D eigenvalue weighted by Gasteiger charge is 2.23. The van der Waals surface area contributed by atoms with Gasteiger partial charge in [0, 0.05) is 6.04 Å². The molecule has 2 N–H and O–H groups in total. The molecule has 0 aliphatic heterocycles. The Morgan fingerprint density at radius 2 is 2.06 bits per heavy atom. The van der Waals surface area contributed by atoms with E-state index in [1.807, 2.05) is 19.1 Å². The molecule has 0 fully saturated rings. The summed E-state index contributed by atoms with van der Waals surface area (Å²) in [4.78, 5) is 0. The van der Waals surface area contributed by atoms with Crippen LogP contribution in [0.5, 0.6) is 0 Å². The predicted molar refractivity (Wildman–Crippen MR) is 77.9 cm³/mol. The van der Waals surface area contributed by atoms with Gasteiger partial charge >= 0.3 is 0 Å². The van der Waals surface area contributed by atoms with Gasteiger partial charge in [0.25, 0.3) is 0 Å². The molecular weight excluding hydrogens is 274 g/mol. The van der Waals surface area contributed by atoms with E-state index in [9.17, 15) is 5.11 Å². The standard InChI is InChI=1S/C12H20ClNOS2/c1-4-9(5-2)12(8(3)15)14-17-11-7-6-10(13)16-11/h6-9,12,14-15H,4-5H2,1-3H3. The largest absolute Gasteiger partial charge is 0.392 e. The van der Waals surface area contributed by atoms with Gasteiger partial charge in [-0.3, -0.25) is 4.72 Å². The van der Waals surface area contributed by atoms with Crippen molar-refractivity contribution in [3.63, 3.8) is 0 Å². The van der Waals surface area contributed by atoms with Crippen molar-refractivity contribution in [3.8, 4) is 0 Å². The Morgan fingerprint density at radius 3 is 2.47 bits per heavy atom. The van der Waals surface area contributed by atoms with Crippen molar-refractivity contribution in [1.29, 1.82) is 0 Å². The van der Waals surface area contributed by atoms with E-state index in [0.29, 0.717) is 5.92 Å². The molecule has 0 amide bonds. The van der Waals surface area contributed by atoms with Crippen LogP contribution in [0.3, 0.4) is 0 Å². The maximum atomic E-state index is 9.83. The van der Waals surface area contributed by atoms with Crippen molar-refractivity contribution in [3.05, 3.63) is 16.5 Å². The Morgan fingerprint density at radius 1 is 1.41 bits per heavy atom. The van der Waals surface area contributed by atoms with Crippen LogP contribution in [-0.4, -0.2) is 17.3 Å². The van der Waals surface area contributed by atoms with E-state index in [-0.39, 0.29) is 12.1 Å². The molecule has 1 rings (SSSR count). The third kappa shape index (κ3) is 4.79. The van der Waals surface area contributed by atoms with Crippen LogP contribution in [-0.2, 0) is 0 Å². The number of hydrogen-bond acceptors (Lipinski definition) is 4. The minimum atomic E-state index is -0.345. The van der Waals surface area contributed by atoms with Crippen molar-refractivity contribution in [1.82, 2.24) is 4.72 Å². The zero-order valence-corrected chi connectivity index (χ0v) is 12.8. The molecule has 2 atom stereocenters. The maximum absolute atomic E-state index is 9.83. The molecule has 17 heavy (non-hydrogen) atoms. The van der Waals surface area contributed by atoms with Crippen LogP contribution >= 0.6 is 34.9 Å². The Kier molecular flexibility index (Phi) is 6.89. The molecule has 2 unspecified atom stereocenters. The zero-order chi connectivity index (χ0) is 12.8. The van der Waals surface area contributed by atoms with Crippen molar-refractivity contribution in [2.24, 2.45) is 5.92 Å². The second-order valence-corrected chi connectivity index (χ2v) is 6.97. The SMILES string of the molecule is CCC(CC)C(NSc1ccc(Cl)s1)C(C)O. The Balaban J connectivity index is 2.55. The maximum Gasteiger partial charge on any atom is 0.0940 e. The van der Waals surface area contributed by atoms with Crippen molar-refractivity contribution in [2.75, 3.05) is 0 Å². The number of rotatable bonds is 7. The fourth-order valence-electron chi connectivity index (χ4n) is 1.86. The molecular formula is C12H20ClNOS2. The first-order valence-electron chi connectivity index (χ1n) is 5.94. The van der Waals surface area contributed by atoms with E-state index in [0.717, 1.165) is 21.4 Å². The Hall–Kier alpha value is 0.260. The molecule has 1 heterocycles. The predicted octanol–water partition coefficient (Wildman–Crippen LogP) is 4.18. The molecule has 0 aromatic carbocycles. The van der Waals surface area contributed by atoms with E-state index in [1.165, 1.54) is 0 Å². The fourth-order valence-corrected chi connectivity index (χ4v) is 4.14. The van der Waals surface area contributed by atoms with Gasteiger partial charge in [-0.05, 0) is 36.9 Å². The summed E-state index contributed by atoms with van der Waals surface area (Å²) in [6.07, 6.45) is 1.80. The molecule has 2 nitrogen and oxygen atoms in total. The summed E-state index contributed by atoms with van der Waals surface area (Å²) >= 11 is 9.00. The molecule has 0 aliphatic carbocycles.